The van der Waals surface area contributed by atoms with Crippen molar-refractivity contribution in [2.75, 3.05) is 12.4 Å². The van der Waals surface area contributed by atoms with Gasteiger partial charge in [0.25, 0.3) is 0 Å². The molecule has 1 saturated carbocycles. The molecule has 5 heteroatoms. The van der Waals surface area contributed by atoms with Crippen molar-refractivity contribution >= 4 is 27.6 Å². The van der Waals surface area contributed by atoms with Crippen LogP contribution >= 0.6 is 0 Å². The number of aryl methyl sites for hydroxylation is 1. The molecule has 0 aliphatic heterocycles. The number of aromatic nitrogens is 3. The minimum Gasteiger partial charge on any atom is -0.481 e. The zero-order chi connectivity index (χ0) is 18.4. The van der Waals surface area contributed by atoms with Crippen molar-refractivity contribution in [3.05, 3.63) is 59.9 Å². The molecule has 0 atom stereocenters. The number of anilines is 1. The molecule has 0 spiro atoms. The first-order chi connectivity index (χ1) is 13.2. The molecule has 5 nitrogen and oxygen atoms in total. The second-order valence-electron chi connectivity index (χ2n) is 7.21. The number of ether oxygens (including phenoxy) is 1. The van der Waals surface area contributed by atoms with Crippen LogP contribution in [0.4, 0.5) is 5.69 Å². The molecule has 27 heavy (non-hydrogen) atoms. The van der Waals surface area contributed by atoms with Gasteiger partial charge in [-0.05, 0) is 43.2 Å². The number of methoxy groups -OCH3 is 1. The number of fused-ring (bicyclic) bond motifs is 2. The summed E-state index contributed by atoms with van der Waals surface area (Å²) in [6.07, 6.45) is 2.52. The summed E-state index contributed by atoms with van der Waals surface area (Å²) in [5.74, 6) is 2.52. The van der Waals surface area contributed by atoms with Crippen LogP contribution in [0.25, 0.3) is 21.9 Å². The summed E-state index contributed by atoms with van der Waals surface area (Å²) in [6, 6.07) is 16.6. The van der Waals surface area contributed by atoms with Crippen LogP contribution in [-0.4, -0.2) is 21.6 Å². The van der Waals surface area contributed by atoms with Gasteiger partial charge in [-0.2, -0.15) is 0 Å². The smallest absolute Gasteiger partial charge is 0.218 e. The van der Waals surface area contributed by atoms with Gasteiger partial charge in [-0.25, -0.2) is 9.97 Å². The average Bonchev–Trinajstić information content (AvgIpc) is 3.49. The number of imidazole rings is 1. The van der Waals surface area contributed by atoms with Crippen LogP contribution in [0.1, 0.15) is 30.1 Å². The number of para-hydroxylation sites is 1. The van der Waals surface area contributed by atoms with E-state index in [0.717, 1.165) is 27.7 Å². The number of nitrogens with one attached hydrogen (secondary N) is 1. The fraction of sp³-hybridized carbons (Fsp3) is 0.273. The summed E-state index contributed by atoms with van der Waals surface area (Å²) in [5.41, 5.74) is 5.27. The summed E-state index contributed by atoms with van der Waals surface area (Å²) < 4.78 is 7.73. The predicted molar refractivity (Wildman–Crippen MR) is 108 cm³/mol. The van der Waals surface area contributed by atoms with Gasteiger partial charge in [0.15, 0.2) is 0 Å². The lowest BCUT2D eigenvalue weighted by atomic mass is 10.1. The van der Waals surface area contributed by atoms with Crippen LogP contribution in [-0.2, 0) is 13.6 Å². The maximum atomic E-state index is 5.50. The Morgan fingerprint density at radius 2 is 1.93 bits per heavy atom. The van der Waals surface area contributed by atoms with Crippen molar-refractivity contribution in [3.8, 4) is 5.88 Å². The topological polar surface area (TPSA) is 52.0 Å². The van der Waals surface area contributed by atoms with Gasteiger partial charge in [0.1, 0.15) is 5.82 Å². The third-order valence-electron chi connectivity index (χ3n) is 5.30. The largest absolute Gasteiger partial charge is 0.481 e. The van der Waals surface area contributed by atoms with Crippen LogP contribution in [0.5, 0.6) is 5.88 Å². The van der Waals surface area contributed by atoms with E-state index in [1.807, 2.05) is 18.2 Å². The molecule has 0 saturated heterocycles. The fourth-order valence-electron chi connectivity index (χ4n) is 3.68. The Bertz CT molecular complexity index is 1140. The van der Waals surface area contributed by atoms with Gasteiger partial charge in [0.05, 0.1) is 23.7 Å². The Balaban J connectivity index is 1.43. The molecule has 5 rings (SSSR count). The first kappa shape index (κ1) is 16.1. The molecular formula is C22H22N4O. The molecule has 2 aromatic carbocycles. The van der Waals surface area contributed by atoms with Gasteiger partial charge < -0.3 is 14.6 Å². The highest BCUT2D eigenvalue weighted by Gasteiger charge is 2.28. The molecule has 2 heterocycles. The molecule has 2 aromatic heterocycles. The Kier molecular flexibility index (Phi) is 3.74. The van der Waals surface area contributed by atoms with Gasteiger partial charge >= 0.3 is 0 Å². The third-order valence-corrected chi connectivity index (χ3v) is 5.30. The maximum absolute atomic E-state index is 5.50. The van der Waals surface area contributed by atoms with Crippen LogP contribution in [0, 0.1) is 0 Å². The lowest BCUT2D eigenvalue weighted by molar-refractivity contribution is 0.395. The predicted octanol–water partition coefficient (Wildman–Crippen LogP) is 4.62. The van der Waals surface area contributed by atoms with E-state index in [-0.39, 0.29) is 0 Å². The quantitative estimate of drug-likeness (QED) is 0.566. The molecule has 0 radical (unpaired) electrons. The van der Waals surface area contributed by atoms with Crippen molar-refractivity contribution in [1.82, 2.24) is 14.5 Å². The van der Waals surface area contributed by atoms with Crippen LogP contribution in [0.2, 0.25) is 0 Å². The maximum Gasteiger partial charge on any atom is 0.218 e. The molecule has 0 bridgehead atoms. The van der Waals surface area contributed by atoms with Gasteiger partial charge in [-0.1, -0.05) is 18.2 Å². The highest BCUT2D eigenvalue weighted by atomic mass is 16.5. The third kappa shape index (κ3) is 2.89. The van der Waals surface area contributed by atoms with E-state index >= 15 is 0 Å². The van der Waals surface area contributed by atoms with Gasteiger partial charge in [-0.15, -0.1) is 0 Å². The fourth-order valence-corrected chi connectivity index (χ4v) is 3.68. The van der Waals surface area contributed by atoms with Crippen molar-refractivity contribution < 1.29 is 4.74 Å². The molecule has 1 N–H and O–H groups in total. The Morgan fingerprint density at radius 3 is 2.74 bits per heavy atom. The standard InChI is InChI=1S/C22H22N4O/c1-26-20-10-9-17(12-19(20)24-21(26)14-7-8-14)23-13-16-11-15-5-3-4-6-18(15)25-22(16)27-2/h3-6,9-12,14,23H,7-8,13H2,1-2H3. The lowest BCUT2D eigenvalue weighted by Gasteiger charge is -2.11. The zero-order valence-corrected chi connectivity index (χ0v) is 15.6. The van der Waals surface area contributed by atoms with Crippen molar-refractivity contribution in [1.29, 1.82) is 0 Å². The van der Waals surface area contributed by atoms with Crippen molar-refractivity contribution in [2.45, 2.75) is 25.3 Å². The van der Waals surface area contributed by atoms with E-state index in [1.165, 1.54) is 24.2 Å². The number of hydrogen-bond acceptors (Lipinski definition) is 4. The first-order valence-corrected chi connectivity index (χ1v) is 9.36. The molecule has 4 aromatic rings. The van der Waals surface area contributed by atoms with E-state index in [0.29, 0.717) is 18.3 Å². The van der Waals surface area contributed by atoms with E-state index in [2.05, 4.69) is 52.2 Å². The van der Waals surface area contributed by atoms with E-state index in [9.17, 15) is 0 Å². The molecule has 0 amide bonds. The minimum atomic E-state index is 0.645. The molecule has 136 valence electrons. The second-order valence-corrected chi connectivity index (χ2v) is 7.21. The highest BCUT2D eigenvalue weighted by molar-refractivity contribution is 5.81. The van der Waals surface area contributed by atoms with Crippen LogP contribution in [0.3, 0.4) is 0 Å². The minimum absolute atomic E-state index is 0.645. The zero-order valence-electron chi connectivity index (χ0n) is 15.6. The number of hydrogen-bond donors (Lipinski definition) is 1. The summed E-state index contributed by atoms with van der Waals surface area (Å²) in [5, 5.41) is 4.61. The Labute approximate surface area is 158 Å². The second kappa shape index (κ2) is 6.27. The van der Waals surface area contributed by atoms with Gasteiger partial charge in [-0.3, -0.25) is 0 Å². The Hall–Kier alpha value is -3.08. The summed E-state index contributed by atoms with van der Waals surface area (Å²) in [6.45, 7) is 0.648. The summed E-state index contributed by atoms with van der Waals surface area (Å²) >= 11 is 0. The van der Waals surface area contributed by atoms with Crippen molar-refractivity contribution in [2.24, 2.45) is 7.05 Å². The molecule has 1 fully saturated rings. The van der Waals surface area contributed by atoms with Gasteiger partial charge in [0, 0.05) is 36.1 Å². The lowest BCUT2D eigenvalue weighted by Crippen LogP contribution is -2.03. The van der Waals surface area contributed by atoms with E-state index < -0.39 is 0 Å². The van der Waals surface area contributed by atoms with Gasteiger partial charge in [0.2, 0.25) is 5.88 Å². The summed E-state index contributed by atoms with van der Waals surface area (Å²) in [4.78, 5) is 9.47. The van der Waals surface area contributed by atoms with E-state index in [1.54, 1.807) is 7.11 Å². The Morgan fingerprint density at radius 1 is 1.07 bits per heavy atom. The number of benzene rings is 2. The van der Waals surface area contributed by atoms with Crippen molar-refractivity contribution in [3.63, 3.8) is 0 Å². The molecule has 0 unspecified atom stereocenters. The highest BCUT2D eigenvalue weighted by Crippen LogP contribution is 2.40. The van der Waals surface area contributed by atoms with Crippen LogP contribution in [0.15, 0.2) is 48.5 Å². The number of pyridine rings is 1. The normalized spacial score (nSPS) is 14.0. The van der Waals surface area contributed by atoms with Crippen LogP contribution < -0.4 is 10.1 Å². The number of nitrogens with zero attached hydrogens (tertiary/aromatic N) is 3. The molecular weight excluding hydrogens is 336 g/mol. The monoisotopic (exact) mass is 358 g/mol. The average molecular weight is 358 g/mol. The number of rotatable bonds is 5. The van der Waals surface area contributed by atoms with E-state index in [4.69, 9.17) is 9.72 Å². The SMILES string of the molecule is COc1nc2ccccc2cc1CNc1ccc2c(c1)nc(C1CC1)n2C. The molecule has 1 aliphatic rings. The molecule has 1 aliphatic carbocycles. The first-order valence-electron chi connectivity index (χ1n) is 9.36. The summed E-state index contributed by atoms with van der Waals surface area (Å²) in [7, 11) is 3.78.